The van der Waals surface area contributed by atoms with Gasteiger partial charge in [-0.05, 0) is 30.6 Å². The molecule has 0 aliphatic heterocycles. The van der Waals surface area contributed by atoms with E-state index in [4.69, 9.17) is 4.74 Å². The van der Waals surface area contributed by atoms with Gasteiger partial charge in [0.25, 0.3) is 0 Å². The number of esters is 1. The van der Waals surface area contributed by atoms with Crippen LogP contribution in [0.1, 0.15) is 40.0 Å². The number of hydrogen-bond donors (Lipinski definition) is 0. The Labute approximate surface area is 110 Å². The summed E-state index contributed by atoms with van der Waals surface area (Å²) in [5, 5.41) is 0. The van der Waals surface area contributed by atoms with E-state index in [2.05, 4.69) is 20.8 Å². The normalized spacial score (nSPS) is 29.3. The Hall–Kier alpha value is -0.580. The highest BCUT2D eigenvalue weighted by Gasteiger charge is 2.33. The van der Waals surface area contributed by atoms with E-state index in [0.717, 1.165) is 25.5 Å². The first-order valence-corrected chi connectivity index (χ1v) is 8.62. The molecule has 0 radical (unpaired) electrons. The highest BCUT2D eigenvalue weighted by molar-refractivity contribution is 7.91. The van der Waals surface area contributed by atoms with Crippen molar-refractivity contribution < 1.29 is 17.9 Å². The molecule has 0 N–H and O–H groups in total. The molecule has 1 aliphatic rings. The molecule has 1 aliphatic carbocycles. The minimum Gasteiger partial charge on any atom is -0.461 e. The van der Waals surface area contributed by atoms with E-state index in [9.17, 15) is 13.2 Å². The summed E-state index contributed by atoms with van der Waals surface area (Å²) in [4.78, 5) is 11.6. The second kappa shape index (κ2) is 6.04. The van der Waals surface area contributed by atoms with Crippen LogP contribution in [0, 0.1) is 17.8 Å². The molecule has 3 atom stereocenters. The molecule has 0 bridgehead atoms. The predicted molar refractivity (Wildman–Crippen MR) is 70.9 cm³/mol. The topological polar surface area (TPSA) is 60.4 Å². The van der Waals surface area contributed by atoms with Gasteiger partial charge in [-0.25, -0.2) is 8.42 Å². The van der Waals surface area contributed by atoms with Crippen molar-refractivity contribution in [2.24, 2.45) is 17.8 Å². The monoisotopic (exact) mass is 276 g/mol. The fourth-order valence-corrected chi connectivity index (χ4v) is 3.16. The van der Waals surface area contributed by atoms with Crippen molar-refractivity contribution in [3.63, 3.8) is 0 Å². The van der Waals surface area contributed by atoms with Gasteiger partial charge in [0.15, 0.2) is 9.84 Å². The summed E-state index contributed by atoms with van der Waals surface area (Å²) in [5.74, 6) is 0.222. The van der Waals surface area contributed by atoms with Crippen molar-refractivity contribution in [2.75, 3.05) is 12.0 Å². The van der Waals surface area contributed by atoms with Crippen LogP contribution >= 0.6 is 0 Å². The lowest BCUT2D eigenvalue weighted by Crippen LogP contribution is -2.37. The number of sulfone groups is 1. The van der Waals surface area contributed by atoms with Crippen molar-refractivity contribution >= 4 is 15.8 Å². The standard InChI is InChI=1S/C13H24O4S/c1-9(2)11-6-5-10(3)7-12(11)17-13(14)8-18(4,15)16/h9-12H,5-8H2,1-4H3/t10-,11+,12-/m1/s1. The first-order valence-electron chi connectivity index (χ1n) is 6.56. The fraction of sp³-hybridized carbons (Fsp3) is 0.923. The summed E-state index contributed by atoms with van der Waals surface area (Å²) in [6.45, 7) is 6.39. The molecule has 1 fully saturated rings. The molecule has 0 spiro atoms. The van der Waals surface area contributed by atoms with Gasteiger partial charge in [-0.15, -0.1) is 0 Å². The maximum atomic E-state index is 11.6. The Bertz CT molecular complexity index is 386. The van der Waals surface area contributed by atoms with Crippen LogP contribution in [-0.4, -0.2) is 32.5 Å². The molecule has 1 rings (SSSR count). The van der Waals surface area contributed by atoms with Gasteiger partial charge in [0.2, 0.25) is 0 Å². The lowest BCUT2D eigenvalue weighted by Gasteiger charge is -2.36. The lowest BCUT2D eigenvalue weighted by atomic mass is 9.75. The molecule has 0 saturated heterocycles. The van der Waals surface area contributed by atoms with Gasteiger partial charge in [-0.2, -0.15) is 0 Å². The summed E-state index contributed by atoms with van der Waals surface area (Å²) >= 11 is 0. The second-order valence-electron chi connectivity index (χ2n) is 5.92. The smallest absolute Gasteiger partial charge is 0.321 e. The van der Waals surface area contributed by atoms with Crippen LogP contribution in [0.4, 0.5) is 0 Å². The molecule has 0 aromatic carbocycles. The van der Waals surface area contributed by atoms with Crippen molar-refractivity contribution in [3.8, 4) is 0 Å². The van der Waals surface area contributed by atoms with Crippen LogP contribution in [0.5, 0.6) is 0 Å². The number of carbonyl (C=O) groups is 1. The van der Waals surface area contributed by atoms with Crippen LogP contribution in [0.15, 0.2) is 0 Å². The molecule has 5 heteroatoms. The fourth-order valence-electron chi connectivity index (χ4n) is 2.67. The summed E-state index contributed by atoms with van der Waals surface area (Å²) in [5.41, 5.74) is 0. The van der Waals surface area contributed by atoms with Gasteiger partial charge in [-0.3, -0.25) is 4.79 Å². The minimum absolute atomic E-state index is 0.122. The third-order valence-electron chi connectivity index (χ3n) is 3.62. The SMILES string of the molecule is CC(C)[C@@H]1CC[C@@H](C)C[C@H]1OC(=O)CS(C)(=O)=O. The van der Waals surface area contributed by atoms with E-state index >= 15 is 0 Å². The minimum atomic E-state index is -3.30. The molecule has 0 unspecified atom stereocenters. The van der Waals surface area contributed by atoms with Gasteiger partial charge < -0.3 is 4.74 Å². The summed E-state index contributed by atoms with van der Waals surface area (Å²) < 4.78 is 27.5. The van der Waals surface area contributed by atoms with Gasteiger partial charge in [-0.1, -0.05) is 27.2 Å². The van der Waals surface area contributed by atoms with Crippen molar-refractivity contribution in [1.82, 2.24) is 0 Å². The molecule has 0 aromatic rings. The van der Waals surface area contributed by atoms with Crippen molar-refractivity contribution in [3.05, 3.63) is 0 Å². The van der Waals surface area contributed by atoms with Crippen LogP contribution in [-0.2, 0) is 19.4 Å². The van der Waals surface area contributed by atoms with E-state index in [1.165, 1.54) is 0 Å². The maximum Gasteiger partial charge on any atom is 0.321 e. The largest absolute Gasteiger partial charge is 0.461 e. The number of ether oxygens (including phenoxy) is 1. The van der Waals surface area contributed by atoms with E-state index < -0.39 is 21.6 Å². The second-order valence-corrected chi connectivity index (χ2v) is 8.06. The molecular weight excluding hydrogens is 252 g/mol. The highest BCUT2D eigenvalue weighted by Crippen LogP contribution is 2.35. The molecule has 106 valence electrons. The van der Waals surface area contributed by atoms with Gasteiger partial charge in [0, 0.05) is 6.26 Å². The zero-order valence-corrected chi connectivity index (χ0v) is 12.5. The summed E-state index contributed by atoms with van der Waals surface area (Å²) in [6, 6.07) is 0. The average Bonchev–Trinajstić information content (AvgIpc) is 2.13. The van der Waals surface area contributed by atoms with Crippen LogP contribution < -0.4 is 0 Å². The zero-order chi connectivity index (χ0) is 13.9. The molecule has 0 amide bonds. The van der Waals surface area contributed by atoms with Gasteiger partial charge in [0.05, 0.1) is 0 Å². The quantitative estimate of drug-likeness (QED) is 0.737. The molecule has 4 nitrogen and oxygen atoms in total. The van der Waals surface area contributed by atoms with Gasteiger partial charge >= 0.3 is 5.97 Å². The Morgan fingerprint density at radius 2 is 1.94 bits per heavy atom. The molecule has 0 aromatic heterocycles. The van der Waals surface area contributed by atoms with E-state index in [-0.39, 0.29) is 6.10 Å². The first kappa shape index (κ1) is 15.5. The predicted octanol–water partition coefficient (Wildman–Crippen LogP) is 2.04. The molecule has 0 heterocycles. The highest BCUT2D eigenvalue weighted by atomic mass is 32.2. The average molecular weight is 276 g/mol. The molecule has 18 heavy (non-hydrogen) atoms. The van der Waals surface area contributed by atoms with E-state index in [0.29, 0.717) is 17.8 Å². The Morgan fingerprint density at radius 1 is 1.33 bits per heavy atom. The van der Waals surface area contributed by atoms with Crippen LogP contribution in [0.2, 0.25) is 0 Å². The zero-order valence-electron chi connectivity index (χ0n) is 11.7. The number of hydrogen-bond acceptors (Lipinski definition) is 4. The Morgan fingerprint density at radius 3 is 2.44 bits per heavy atom. The summed E-state index contributed by atoms with van der Waals surface area (Å²) in [7, 11) is -3.30. The first-order chi connectivity index (χ1) is 8.19. The lowest BCUT2D eigenvalue weighted by molar-refractivity contribution is -0.152. The number of carbonyl (C=O) groups excluding carboxylic acids is 1. The number of rotatable bonds is 4. The van der Waals surface area contributed by atoms with Crippen molar-refractivity contribution in [2.45, 2.75) is 46.1 Å². The van der Waals surface area contributed by atoms with E-state index in [1.807, 2.05) is 0 Å². The third kappa shape index (κ3) is 4.96. The van der Waals surface area contributed by atoms with Crippen molar-refractivity contribution in [1.29, 1.82) is 0 Å². The molecular formula is C13H24O4S. The van der Waals surface area contributed by atoms with Crippen LogP contribution in [0.25, 0.3) is 0 Å². The third-order valence-corrected chi connectivity index (χ3v) is 4.38. The Balaban J connectivity index is 2.63. The maximum absolute atomic E-state index is 11.6. The Kier molecular flexibility index (Phi) is 5.20. The van der Waals surface area contributed by atoms with Gasteiger partial charge in [0.1, 0.15) is 11.9 Å². The van der Waals surface area contributed by atoms with Crippen LogP contribution in [0.3, 0.4) is 0 Å². The molecule has 1 saturated carbocycles. The summed E-state index contributed by atoms with van der Waals surface area (Å²) in [6.07, 6.45) is 3.98. The van der Waals surface area contributed by atoms with E-state index in [1.54, 1.807) is 0 Å².